The van der Waals surface area contributed by atoms with Gasteiger partial charge in [0.05, 0.1) is 0 Å². The van der Waals surface area contributed by atoms with Crippen molar-refractivity contribution in [2.45, 2.75) is 33.1 Å². The van der Waals surface area contributed by atoms with Gasteiger partial charge in [-0.05, 0) is 61.9 Å². The Labute approximate surface area is 138 Å². The largest absolute Gasteiger partial charge is 0.358 e. The summed E-state index contributed by atoms with van der Waals surface area (Å²) in [5.41, 5.74) is 2.97. The molecule has 1 heterocycles. The van der Waals surface area contributed by atoms with Gasteiger partial charge in [0.25, 0.3) is 0 Å². The first-order chi connectivity index (χ1) is 11.2. The second-order valence-corrected chi connectivity index (χ2v) is 6.48. The molecule has 1 aromatic carbocycles. The van der Waals surface area contributed by atoms with Crippen LogP contribution in [-0.4, -0.2) is 37.2 Å². The molecular weight excluding hydrogens is 286 g/mol. The number of aliphatic imine (C=N–C) groups is 1. The molecule has 0 atom stereocenters. The van der Waals surface area contributed by atoms with Gasteiger partial charge < -0.3 is 9.80 Å². The fourth-order valence-electron chi connectivity index (χ4n) is 3.12. The molecule has 0 bridgehead atoms. The van der Waals surface area contributed by atoms with Crippen molar-refractivity contribution in [3.05, 3.63) is 41.2 Å². The maximum absolute atomic E-state index is 11.0. The molecule has 1 aromatic rings. The second kappa shape index (κ2) is 6.99. The van der Waals surface area contributed by atoms with Crippen molar-refractivity contribution in [2.24, 2.45) is 10.9 Å². The highest BCUT2D eigenvalue weighted by Crippen LogP contribution is 2.33. The molecule has 1 saturated carbocycles. The number of aryl methyl sites for hydroxylation is 1. The molecule has 1 aliphatic carbocycles. The van der Waals surface area contributed by atoms with E-state index in [1.807, 2.05) is 24.4 Å². The van der Waals surface area contributed by atoms with Crippen LogP contribution in [0.4, 0.5) is 5.69 Å². The summed E-state index contributed by atoms with van der Waals surface area (Å²) < 4.78 is 0. The Morgan fingerprint density at radius 1 is 1.39 bits per heavy atom. The third kappa shape index (κ3) is 3.63. The molecule has 0 spiro atoms. The lowest BCUT2D eigenvalue weighted by Gasteiger charge is -2.37. The normalized spacial score (nSPS) is 17.1. The highest BCUT2D eigenvalue weighted by Gasteiger charge is 2.28. The summed E-state index contributed by atoms with van der Waals surface area (Å²) in [7, 11) is 0. The van der Waals surface area contributed by atoms with Gasteiger partial charge in [-0.15, -0.1) is 0 Å². The van der Waals surface area contributed by atoms with Crippen molar-refractivity contribution < 1.29 is 4.79 Å². The Kier molecular flexibility index (Phi) is 4.79. The van der Waals surface area contributed by atoms with Crippen LogP contribution >= 0.6 is 0 Å². The topological polar surface area (TPSA) is 35.9 Å². The third-order valence-corrected chi connectivity index (χ3v) is 4.47. The predicted molar refractivity (Wildman–Crippen MR) is 95.1 cm³/mol. The van der Waals surface area contributed by atoms with Crippen LogP contribution < -0.4 is 4.90 Å². The number of anilines is 1. The van der Waals surface area contributed by atoms with Gasteiger partial charge >= 0.3 is 0 Å². The number of benzene rings is 1. The van der Waals surface area contributed by atoms with E-state index in [-0.39, 0.29) is 0 Å². The lowest BCUT2D eigenvalue weighted by Crippen LogP contribution is -2.39. The highest BCUT2D eigenvalue weighted by molar-refractivity contribution is 5.79. The molecule has 23 heavy (non-hydrogen) atoms. The Morgan fingerprint density at radius 3 is 2.87 bits per heavy atom. The number of allylic oxidation sites excluding steroid dienone is 1. The summed E-state index contributed by atoms with van der Waals surface area (Å²) >= 11 is 0. The number of carbonyl (C=O) groups is 1. The second-order valence-electron chi connectivity index (χ2n) is 6.48. The Hall–Kier alpha value is -2.10. The van der Waals surface area contributed by atoms with Crippen LogP contribution in [0.2, 0.25) is 0 Å². The van der Waals surface area contributed by atoms with Crippen molar-refractivity contribution >= 4 is 18.2 Å². The van der Waals surface area contributed by atoms with Crippen LogP contribution in [0.5, 0.6) is 0 Å². The van der Waals surface area contributed by atoms with E-state index in [2.05, 4.69) is 34.7 Å². The Balaban J connectivity index is 1.88. The number of hydrogen-bond acceptors (Lipinski definition) is 4. The average molecular weight is 311 g/mol. The molecule has 0 amide bonds. The van der Waals surface area contributed by atoms with Crippen LogP contribution in [-0.2, 0) is 0 Å². The summed E-state index contributed by atoms with van der Waals surface area (Å²) in [6.07, 6.45) is 8.78. The van der Waals surface area contributed by atoms with Gasteiger partial charge in [-0.1, -0.05) is 6.92 Å². The first-order valence-corrected chi connectivity index (χ1v) is 8.51. The minimum Gasteiger partial charge on any atom is -0.358 e. The monoisotopic (exact) mass is 311 g/mol. The van der Waals surface area contributed by atoms with Crippen LogP contribution in [0.1, 0.15) is 42.1 Å². The van der Waals surface area contributed by atoms with Crippen molar-refractivity contribution in [1.29, 1.82) is 0 Å². The van der Waals surface area contributed by atoms with Gasteiger partial charge in [-0.2, -0.15) is 0 Å². The van der Waals surface area contributed by atoms with Crippen LogP contribution in [0, 0.1) is 12.8 Å². The Morgan fingerprint density at radius 2 is 2.22 bits per heavy atom. The van der Waals surface area contributed by atoms with Gasteiger partial charge in [0.2, 0.25) is 0 Å². The van der Waals surface area contributed by atoms with Crippen LogP contribution in [0.3, 0.4) is 0 Å². The van der Waals surface area contributed by atoms with E-state index in [0.717, 1.165) is 48.5 Å². The first-order valence-electron chi connectivity index (χ1n) is 8.51. The summed E-state index contributed by atoms with van der Waals surface area (Å²) in [5, 5.41) is 0. The zero-order chi connectivity index (χ0) is 16.2. The molecule has 4 nitrogen and oxygen atoms in total. The average Bonchev–Trinajstić information content (AvgIpc) is 3.38. The van der Waals surface area contributed by atoms with Gasteiger partial charge in [0, 0.05) is 30.6 Å². The standard InChI is InChI=1S/C19H25N3O/c1-3-10-21(12-16-4-5-16)19-8-9-20-14-22(19)18-7-6-17(13-23)11-15(18)2/h6-9,11,13,16H,3-5,10,12,14H2,1-2H3. The SMILES string of the molecule is CCCN(CC1CC1)C1=CC=NCN1c1ccc(C=O)cc1C. The smallest absolute Gasteiger partial charge is 0.150 e. The number of nitrogens with zero attached hydrogens (tertiary/aromatic N) is 3. The number of rotatable bonds is 7. The Bertz CT molecular complexity index is 632. The van der Waals surface area contributed by atoms with E-state index < -0.39 is 0 Å². The molecule has 0 unspecified atom stereocenters. The number of carbonyl (C=O) groups excluding carboxylic acids is 1. The number of aldehydes is 1. The van der Waals surface area contributed by atoms with Crippen molar-refractivity contribution in [3.63, 3.8) is 0 Å². The molecule has 1 fully saturated rings. The van der Waals surface area contributed by atoms with Gasteiger partial charge in [0.15, 0.2) is 0 Å². The molecular formula is C19H25N3O. The maximum atomic E-state index is 11.0. The van der Waals surface area contributed by atoms with Crippen LogP contribution in [0.15, 0.2) is 35.1 Å². The molecule has 0 N–H and O–H groups in total. The lowest BCUT2D eigenvalue weighted by atomic mass is 10.1. The maximum Gasteiger partial charge on any atom is 0.150 e. The van der Waals surface area contributed by atoms with Crippen LogP contribution in [0.25, 0.3) is 0 Å². The van der Waals surface area contributed by atoms with Crippen molar-refractivity contribution in [2.75, 3.05) is 24.7 Å². The summed E-state index contributed by atoms with van der Waals surface area (Å²) in [4.78, 5) is 20.2. The summed E-state index contributed by atoms with van der Waals surface area (Å²) in [5.74, 6) is 2.08. The predicted octanol–water partition coefficient (Wildman–Crippen LogP) is 3.62. The van der Waals surface area contributed by atoms with Gasteiger partial charge in [-0.25, -0.2) is 0 Å². The quantitative estimate of drug-likeness (QED) is 0.722. The van der Waals surface area contributed by atoms with Gasteiger partial charge in [-0.3, -0.25) is 9.79 Å². The molecule has 0 radical (unpaired) electrons. The molecule has 122 valence electrons. The van der Waals surface area contributed by atoms with E-state index in [9.17, 15) is 4.79 Å². The highest BCUT2D eigenvalue weighted by atomic mass is 16.1. The summed E-state index contributed by atoms with van der Waals surface area (Å²) in [6.45, 7) is 7.13. The summed E-state index contributed by atoms with van der Waals surface area (Å²) in [6, 6.07) is 5.87. The fourth-order valence-corrected chi connectivity index (χ4v) is 3.12. The molecule has 4 heteroatoms. The first kappa shape index (κ1) is 15.8. The fraction of sp³-hybridized carbons (Fsp3) is 0.474. The molecule has 2 aliphatic rings. The van der Waals surface area contributed by atoms with E-state index >= 15 is 0 Å². The third-order valence-electron chi connectivity index (χ3n) is 4.47. The van der Waals surface area contributed by atoms with E-state index in [0.29, 0.717) is 6.67 Å². The molecule has 0 aromatic heterocycles. The lowest BCUT2D eigenvalue weighted by molar-refractivity contribution is 0.112. The molecule has 0 saturated heterocycles. The van der Waals surface area contributed by atoms with Gasteiger partial charge in [0.1, 0.15) is 18.8 Å². The van der Waals surface area contributed by atoms with Crippen molar-refractivity contribution in [1.82, 2.24) is 4.90 Å². The van der Waals surface area contributed by atoms with E-state index in [1.165, 1.54) is 18.7 Å². The molecule has 1 aliphatic heterocycles. The number of hydrogen-bond donors (Lipinski definition) is 0. The minimum atomic E-state index is 0.637. The molecule has 3 rings (SSSR count). The van der Waals surface area contributed by atoms with Crippen molar-refractivity contribution in [3.8, 4) is 0 Å². The minimum absolute atomic E-state index is 0.637. The van der Waals surface area contributed by atoms with E-state index in [4.69, 9.17) is 0 Å². The van der Waals surface area contributed by atoms with E-state index in [1.54, 1.807) is 0 Å². The zero-order valence-corrected chi connectivity index (χ0v) is 14.0. The zero-order valence-electron chi connectivity index (χ0n) is 14.0.